The van der Waals surface area contributed by atoms with Crippen LogP contribution in [0.4, 0.5) is 18.9 Å². The number of aromatic amines is 1. The van der Waals surface area contributed by atoms with Crippen molar-refractivity contribution in [2.75, 3.05) is 6.61 Å². The average Bonchev–Trinajstić information content (AvgIpc) is 3.24. The monoisotopic (exact) mass is 435 g/mol. The van der Waals surface area contributed by atoms with Crippen molar-refractivity contribution in [2.45, 2.75) is 6.04 Å². The molecule has 1 atom stereocenters. The predicted molar refractivity (Wildman–Crippen MR) is 106 cm³/mol. The Hall–Kier alpha value is -3.30. The first-order valence-corrected chi connectivity index (χ1v) is 9.03. The summed E-state index contributed by atoms with van der Waals surface area (Å²) in [5.74, 6) is -3.48. The lowest BCUT2D eigenvalue weighted by Gasteiger charge is -2.16. The molecule has 0 fully saturated rings. The Morgan fingerprint density at radius 2 is 1.97 bits per heavy atom. The van der Waals surface area contributed by atoms with Gasteiger partial charge in [0.1, 0.15) is 11.4 Å². The van der Waals surface area contributed by atoms with Crippen LogP contribution >= 0.6 is 11.6 Å². The van der Waals surface area contributed by atoms with Crippen molar-refractivity contribution in [1.82, 2.24) is 9.55 Å². The van der Waals surface area contributed by atoms with E-state index in [1.165, 1.54) is 24.4 Å². The summed E-state index contributed by atoms with van der Waals surface area (Å²) in [6.07, 6.45) is 2.72. The number of halogens is 4. The maximum Gasteiger partial charge on any atom is 0.329 e. The molecular weight excluding hydrogens is 423 g/mol. The lowest BCUT2D eigenvalue weighted by Crippen LogP contribution is -2.25. The van der Waals surface area contributed by atoms with Crippen LogP contribution in [0, 0.1) is 17.5 Å². The van der Waals surface area contributed by atoms with Gasteiger partial charge in [0.2, 0.25) is 5.88 Å². The summed E-state index contributed by atoms with van der Waals surface area (Å²) in [6.45, 7) is -0.666. The zero-order valence-corrected chi connectivity index (χ0v) is 15.8. The van der Waals surface area contributed by atoms with Gasteiger partial charge in [-0.3, -0.25) is 9.56 Å². The molecule has 30 heavy (non-hydrogen) atoms. The van der Waals surface area contributed by atoms with E-state index in [0.29, 0.717) is 11.1 Å². The number of nitrogens with zero attached hydrogens (tertiary/aromatic N) is 2. The minimum absolute atomic E-state index is 0.0324. The quantitative estimate of drug-likeness (QED) is 0.582. The third-order valence-electron chi connectivity index (χ3n) is 4.76. The first kappa shape index (κ1) is 20.0. The molecule has 0 radical (unpaired) electrons. The van der Waals surface area contributed by atoms with Gasteiger partial charge in [-0.1, -0.05) is 23.7 Å². The molecule has 2 aromatic carbocycles. The molecule has 154 valence electrons. The minimum atomic E-state index is -1.17. The number of aliphatic hydroxyl groups is 1. The number of allylic oxidation sites excluding steroid dienone is 1. The second kappa shape index (κ2) is 7.51. The molecule has 0 amide bonds. The molecule has 0 spiro atoms. The second-order valence-corrected chi connectivity index (χ2v) is 6.93. The number of nitrogens with one attached hydrogen (secondary N) is 1. The molecule has 10 heteroatoms. The fraction of sp³-hybridized carbons (Fsp3) is 0.100. The Balaban J connectivity index is 1.78. The first-order chi connectivity index (χ1) is 14.3. The van der Waals surface area contributed by atoms with Crippen LogP contribution in [0.1, 0.15) is 22.9 Å². The van der Waals surface area contributed by atoms with E-state index in [1.54, 1.807) is 6.07 Å². The number of hydrogen-bond donors (Lipinski definition) is 3. The van der Waals surface area contributed by atoms with Gasteiger partial charge in [-0.25, -0.2) is 18.0 Å². The highest BCUT2D eigenvalue weighted by Gasteiger charge is 2.24. The summed E-state index contributed by atoms with van der Waals surface area (Å²) in [7, 11) is 0. The number of aromatic hydroxyl groups is 1. The van der Waals surface area contributed by atoms with E-state index in [0.717, 1.165) is 16.7 Å². The van der Waals surface area contributed by atoms with Crippen molar-refractivity contribution in [3.05, 3.63) is 80.1 Å². The molecule has 3 aromatic rings. The van der Waals surface area contributed by atoms with Crippen molar-refractivity contribution in [1.29, 1.82) is 0 Å². The van der Waals surface area contributed by atoms with Gasteiger partial charge in [0.15, 0.2) is 17.5 Å². The summed E-state index contributed by atoms with van der Waals surface area (Å²) in [6, 6.07) is 4.62. The van der Waals surface area contributed by atoms with Gasteiger partial charge in [0.05, 0.1) is 17.7 Å². The number of aliphatic imine (C=N–C) groups is 1. The second-order valence-electron chi connectivity index (χ2n) is 6.52. The molecular formula is C20H13ClF3N3O3. The van der Waals surface area contributed by atoms with Gasteiger partial charge < -0.3 is 15.2 Å². The molecule has 1 unspecified atom stereocenters. The van der Waals surface area contributed by atoms with Gasteiger partial charge >= 0.3 is 5.69 Å². The lowest BCUT2D eigenvalue weighted by molar-refractivity contribution is 0.236. The number of aromatic nitrogens is 2. The zero-order chi connectivity index (χ0) is 21.6. The lowest BCUT2D eigenvalue weighted by atomic mass is 10.1. The van der Waals surface area contributed by atoms with Crippen molar-refractivity contribution < 1.29 is 23.4 Å². The summed E-state index contributed by atoms with van der Waals surface area (Å²) in [4.78, 5) is 18.8. The number of fused-ring (bicyclic) bond motifs is 1. The molecule has 4 rings (SSSR count). The normalized spacial score (nSPS) is 15.0. The average molecular weight is 436 g/mol. The van der Waals surface area contributed by atoms with Crippen LogP contribution in [0.3, 0.4) is 0 Å². The largest absolute Gasteiger partial charge is 0.493 e. The van der Waals surface area contributed by atoms with E-state index in [1.807, 2.05) is 0 Å². The van der Waals surface area contributed by atoms with Crippen LogP contribution in [-0.2, 0) is 0 Å². The zero-order valence-electron chi connectivity index (χ0n) is 15.0. The van der Waals surface area contributed by atoms with Crippen molar-refractivity contribution in [3.8, 4) is 5.88 Å². The predicted octanol–water partition coefficient (Wildman–Crippen LogP) is 3.79. The number of benzene rings is 2. The summed E-state index contributed by atoms with van der Waals surface area (Å²) in [5, 5.41) is 20.2. The van der Waals surface area contributed by atoms with E-state index >= 15 is 0 Å². The van der Waals surface area contributed by atoms with Gasteiger partial charge in [0, 0.05) is 17.4 Å². The molecule has 3 N–H and O–H groups in total. The highest BCUT2D eigenvalue weighted by Crippen LogP contribution is 2.38. The SMILES string of the molecule is O=c1[nH]c(/C=C2\C=Nc3c2ccc(Cl)c3F)c(O)n1C(CO)c1ccc(F)c(F)c1. The summed E-state index contributed by atoms with van der Waals surface area (Å²) < 4.78 is 41.7. The van der Waals surface area contributed by atoms with Crippen molar-refractivity contribution in [3.63, 3.8) is 0 Å². The molecule has 0 saturated heterocycles. The van der Waals surface area contributed by atoms with E-state index in [9.17, 15) is 28.2 Å². The highest BCUT2D eigenvalue weighted by molar-refractivity contribution is 6.31. The maximum absolute atomic E-state index is 14.1. The minimum Gasteiger partial charge on any atom is -0.493 e. The van der Waals surface area contributed by atoms with Gasteiger partial charge in [-0.15, -0.1) is 0 Å². The Labute approximate surface area is 172 Å². The summed E-state index contributed by atoms with van der Waals surface area (Å²) >= 11 is 5.75. The third kappa shape index (κ3) is 3.21. The Bertz CT molecular complexity index is 1280. The van der Waals surface area contributed by atoms with Crippen LogP contribution in [-0.4, -0.2) is 32.6 Å². The first-order valence-electron chi connectivity index (χ1n) is 8.65. The maximum atomic E-state index is 14.1. The summed E-state index contributed by atoms with van der Waals surface area (Å²) in [5.41, 5.74) is 0.0923. The molecule has 0 aliphatic carbocycles. The fourth-order valence-electron chi connectivity index (χ4n) is 3.28. The van der Waals surface area contributed by atoms with Crippen LogP contribution in [0.2, 0.25) is 5.02 Å². The molecule has 0 saturated carbocycles. The number of rotatable bonds is 4. The number of hydrogen-bond acceptors (Lipinski definition) is 4. The fourth-order valence-corrected chi connectivity index (χ4v) is 3.43. The Morgan fingerprint density at radius 3 is 2.67 bits per heavy atom. The third-order valence-corrected chi connectivity index (χ3v) is 5.05. The highest BCUT2D eigenvalue weighted by atomic mass is 35.5. The molecule has 1 aromatic heterocycles. The Morgan fingerprint density at radius 1 is 1.20 bits per heavy atom. The van der Waals surface area contributed by atoms with Crippen LogP contribution in [0.5, 0.6) is 5.88 Å². The van der Waals surface area contributed by atoms with Gasteiger partial charge in [-0.05, 0) is 29.8 Å². The molecule has 6 nitrogen and oxygen atoms in total. The number of aliphatic hydroxyl groups excluding tert-OH is 1. The van der Waals surface area contributed by atoms with Crippen LogP contribution < -0.4 is 5.69 Å². The number of H-pyrrole nitrogens is 1. The van der Waals surface area contributed by atoms with E-state index in [4.69, 9.17) is 11.6 Å². The smallest absolute Gasteiger partial charge is 0.329 e. The number of imidazole rings is 1. The topological polar surface area (TPSA) is 90.6 Å². The molecule has 1 aliphatic rings. The molecule has 0 bridgehead atoms. The van der Waals surface area contributed by atoms with Gasteiger partial charge in [-0.2, -0.15) is 0 Å². The van der Waals surface area contributed by atoms with Crippen LogP contribution in [0.25, 0.3) is 11.6 Å². The van der Waals surface area contributed by atoms with Crippen LogP contribution in [0.15, 0.2) is 40.1 Å². The van der Waals surface area contributed by atoms with E-state index in [2.05, 4.69) is 9.98 Å². The van der Waals surface area contributed by atoms with Crippen molar-refractivity contribution >= 4 is 35.2 Å². The molecule has 1 aliphatic heterocycles. The van der Waals surface area contributed by atoms with Crippen molar-refractivity contribution in [2.24, 2.45) is 4.99 Å². The standard InChI is InChI=1S/C20H13ClF3N3O3/c21-12-3-2-11-10(7-25-18(11)17(12)24)6-15-19(29)27(20(30)26-15)16(8-28)9-1-4-13(22)14(23)5-9/h1-7,16,28-29H,8H2,(H,26,30)/b10-6+. The van der Waals surface area contributed by atoms with E-state index < -0.39 is 41.7 Å². The molecule has 2 heterocycles. The van der Waals surface area contributed by atoms with Gasteiger partial charge in [0.25, 0.3) is 0 Å². The Kier molecular flexibility index (Phi) is 5.00. The van der Waals surface area contributed by atoms with E-state index in [-0.39, 0.29) is 22.0 Å².